The van der Waals surface area contributed by atoms with Crippen molar-refractivity contribution in [3.8, 4) is 11.5 Å². The van der Waals surface area contributed by atoms with Crippen LogP contribution < -0.4 is 10.5 Å². The quantitative estimate of drug-likeness (QED) is 0.678. The SMILES string of the molecule is CC(N)c1c(F)cccc1Oc1ccc(Cl)cc1[N+](=O)[O-]. The third-order valence-corrected chi connectivity index (χ3v) is 3.04. The number of nitrogens with two attached hydrogens (primary N) is 1. The number of nitro benzene ring substituents is 1. The van der Waals surface area contributed by atoms with E-state index in [1.807, 2.05) is 0 Å². The molecule has 0 aliphatic heterocycles. The number of halogens is 2. The highest BCUT2D eigenvalue weighted by Crippen LogP contribution is 2.36. The van der Waals surface area contributed by atoms with Gasteiger partial charge in [-0.25, -0.2) is 4.39 Å². The van der Waals surface area contributed by atoms with Gasteiger partial charge in [-0.05, 0) is 31.2 Å². The first-order chi connectivity index (χ1) is 9.90. The Kier molecular flexibility index (Phi) is 4.40. The molecule has 0 saturated heterocycles. The summed E-state index contributed by atoms with van der Waals surface area (Å²) in [5, 5.41) is 11.2. The molecule has 0 aromatic heterocycles. The van der Waals surface area contributed by atoms with Crippen LogP contribution in [0.4, 0.5) is 10.1 Å². The molecule has 0 aliphatic rings. The molecule has 0 heterocycles. The van der Waals surface area contributed by atoms with Gasteiger partial charge in [0.15, 0.2) is 0 Å². The van der Waals surface area contributed by atoms with Gasteiger partial charge in [0, 0.05) is 22.7 Å². The van der Waals surface area contributed by atoms with Crippen LogP contribution in [0, 0.1) is 15.9 Å². The van der Waals surface area contributed by atoms with E-state index in [-0.39, 0.29) is 27.8 Å². The molecule has 0 fully saturated rings. The minimum absolute atomic E-state index is 0.0306. The van der Waals surface area contributed by atoms with Gasteiger partial charge in [0.05, 0.1) is 4.92 Å². The van der Waals surface area contributed by atoms with Crippen LogP contribution in [0.25, 0.3) is 0 Å². The van der Waals surface area contributed by atoms with Crippen molar-refractivity contribution in [1.82, 2.24) is 0 Å². The average molecular weight is 311 g/mol. The Morgan fingerprint density at radius 2 is 2.05 bits per heavy atom. The first-order valence-corrected chi connectivity index (χ1v) is 6.43. The van der Waals surface area contributed by atoms with Crippen molar-refractivity contribution in [1.29, 1.82) is 0 Å². The number of hydrogen-bond donors (Lipinski definition) is 1. The van der Waals surface area contributed by atoms with E-state index in [1.165, 1.54) is 36.4 Å². The fourth-order valence-corrected chi connectivity index (χ4v) is 2.05. The molecule has 2 rings (SSSR count). The van der Waals surface area contributed by atoms with Gasteiger partial charge in [-0.1, -0.05) is 17.7 Å². The molecular formula is C14H12ClFN2O3. The van der Waals surface area contributed by atoms with E-state index in [4.69, 9.17) is 22.1 Å². The molecule has 0 radical (unpaired) electrons. The average Bonchev–Trinajstić information content (AvgIpc) is 2.40. The van der Waals surface area contributed by atoms with Crippen LogP contribution in [0.2, 0.25) is 5.02 Å². The summed E-state index contributed by atoms with van der Waals surface area (Å²) in [6.45, 7) is 1.60. The molecule has 7 heteroatoms. The van der Waals surface area contributed by atoms with Gasteiger partial charge in [-0.2, -0.15) is 0 Å². The van der Waals surface area contributed by atoms with Crippen LogP contribution in [0.1, 0.15) is 18.5 Å². The summed E-state index contributed by atoms with van der Waals surface area (Å²) in [7, 11) is 0. The van der Waals surface area contributed by atoms with Gasteiger partial charge in [0.25, 0.3) is 0 Å². The fourth-order valence-electron chi connectivity index (χ4n) is 1.89. The number of hydrogen-bond acceptors (Lipinski definition) is 4. The van der Waals surface area contributed by atoms with Gasteiger partial charge >= 0.3 is 5.69 Å². The number of rotatable bonds is 4. The van der Waals surface area contributed by atoms with E-state index in [0.717, 1.165) is 0 Å². The first kappa shape index (κ1) is 15.2. The molecule has 2 aromatic rings. The number of nitro groups is 1. The van der Waals surface area contributed by atoms with Crippen molar-refractivity contribution >= 4 is 17.3 Å². The number of benzene rings is 2. The summed E-state index contributed by atoms with van der Waals surface area (Å²) in [6, 6.07) is 7.56. The smallest absolute Gasteiger partial charge is 0.313 e. The topological polar surface area (TPSA) is 78.4 Å². The summed E-state index contributed by atoms with van der Waals surface area (Å²) in [5.41, 5.74) is 5.57. The Labute approximate surface area is 125 Å². The molecule has 0 aliphatic carbocycles. The Morgan fingerprint density at radius 1 is 1.33 bits per heavy atom. The maximum Gasteiger partial charge on any atom is 0.313 e. The predicted molar refractivity (Wildman–Crippen MR) is 77.2 cm³/mol. The number of nitrogens with zero attached hydrogens (tertiary/aromatic N) is 1. The zero-order valence-electron chi connectivity index (χ0n) is 11.0. The van der Waals surface area contributed by atoms with Crippen molar-refractivity contribution in [3.63, 3.8) is 0 Å². The van der Waals surface area contributed by atoms with E-state index in [9.17, 15) is 14.5 Å². The molecule has 110 valence electrons. The van der Waals surface area contributed by atoms with Crippen molar-refractivity contribution in [2.45, 2.75) is 13.0 Å². The molecule has 0 spiro atoms. The standard InChI is InChI=1S/C14H12ClFN2O3/c1-8(17)14-10(16)3-2-4-13(14)21-12-6-5-9(15)7-11(12)18(19)20/h2-8H,17H2,1H3. The van der Waals surface area contributed by atoms with Crippen molar-refractivity contribution in [2.75, 3.05) is 0 Å². The summed E-state index contributed by atoms with van der Waals surface area (Å²) < 4.78 is 19.3. The monoisotopic (exact) mass is 310 g/mol. The molecular weight excluding hydrogens is 299 g/mol. The highest BCUT2D eigenvalue weighted by molar-refractivity contribution is 6.30. The lowest BCUT2D eigenvalue weighted by Crippen LogP contribution is -2.09. The molecule has 2 N–H and O–H groups in total. The predicted octanol–water partition coefficient (Wildman–Crippen LogP) is 4.20. The van der Waals surface area contributed by atoms with Crippen LogP contribution in [0.3, 0.4) is 0 Å². The maximum atomic E-state index is 13.8. The van der Waals surface area contributed by atoms with Crippen molar-refractivity contribution < 1.29 is 14.1 Å². The van der Waals surface area contributed by atoms with E-state index in [1.54, 1.807) is 6.92 Å². The second-order valence-corrected chi connectivity index (χ2v) is 4.85. The van der Waals surface area contributed by atoms with E-state index < -0.39 is 16.8 Å². The molecule has 1 atom stereocenters. The van der Waals surface area contributed by atoms with Gasteiger partial charge in [-0.3, -0.25) is 10.1 Å². The lowest BCUT2D eigenvalue weighted by atomic mass is 10.1. The Hall–Kier alpha value is -2.18. The minimum atomic E-state index is -0.619. The Balaban J connectivity index is 2.49. The van der Waals surface area contributed by atoms with Crippen LogP contribution in [-0.4, -0.2) is 4.92 Å². The summed E-state index contributed by atoms with van der Waals surface area (Å²) in [4.78, 5) is 10.4. The molecule has 0 amide bonds. The maximum absolute atomic E-state index is 13.8. The van der Waals surface area contributed by atoms with Crippen molar-refractivity contribution in [2.24, 2.45) is 5.73 Å². The zero-order chi connectivity index (χ0) is 15.6. The summed E-state index contributed by atoms with van der Waals surface area (Å²) in [6.07, 6.45) is 0. The zero-order valence-corrected chi connectivity index (χ0v) is 11.8. The van der Waals surface area contributed by atoms with E-state index in [2.05, 4.69) is 0 Å². The third kappa shape index (κ3) is 3.29. The van der Waals surface area contributed by atoms with E-state index in [0.29, 0.717) is 0 Å². The highest BCUT2D eigenvalue weighted by atomic mass is 35.5. The fraction of sp³-hybridized carbons (Fsp3) is 0.143. The molecule has 2 aromatic carbocycles. The second kappa shape index (κ2) is 6.07. The van der Waals surface area contributed by atoms with Gasteiger partial charge in [0.2, 0.25) is 5.75 Å². The van der Waals surface area contributed by atoms with Gasteiger partial charge < -0.3 is 10.5 Å². The molecule has 0 saturated carbocycles. The number of ether oxygens (including phenoxy) is 1. The van der Waals surface area contributed by atoms with Gasteiger partial charge in [0.1, 0.15) is 11.6 Å². The third-order valence-electron chi connectivity index (χ3n) is 2.81. The Bertz CT molecular complexity index is 692. The van der Waals surface area contributed by atoms with Gasteiger partial charge in [-0.15, -0.1) is 0 Å². The lowest BCUT2D eigenvalue weighted by molar-refractivity contribution is -0.385. The molecule has 5 nitrogen and oxygen atoms in total. The van der Waals surface area contributed by atoms with Crippen LogP contribution in [-0.2, 0) is 0 Å². The van der Waals surface area contributed by atoms with Crippen LogP contribution >= 0.6 is 11.6 Å². The molecule has 0 bridgehead atoms. The highest BCUT2D eigenvalue weighted by Gasteiger charge is 2.20. The van der Waals surface area contributed by atoms with Crippen LogP contribution in [0.5, 0.6) is 11.5 Å². The second-order valence-electron chi connectivity index (χ2n) is 4.41. The first-order valence-electron chi connectivity index (χ1n) is 6.06. The lowest BCUT2D eigenvalue weighted by Gasteiger charge is -2.14. The van der Waals surface area contributed by atoms with E-state index >= 15 is 0 Å². The summed E-state index contributed by atoms with van der Waals surface area (Å²) in [5.74, 6) is -0.425. The summed E-state index contributed by atoms with van der Waals surface area (Å²) >= 11 is 5.73. The normalized spacial score (nSPS) is 12.0. The Morgan fingerprint density at radius 3 is 2.67 bits per heavy atom. The molecule has 21 heavy (non-hydrogen) atoms. The molecule has 1 unspecified atom stereocenters. The van der Waals surface area contributed by atoms with Crippen molar-refractivity contribution in [3.05, 3.63) is 62.9 Å². The van der Waals surface area contributed by atoms with Crippen LogP contribution in [0.15, 0.2) is 36.4 Å². The largest absolute Gasteiger partial charge is 0.450 e. The minimum Gasteiger partial charge on any atom is -0.450 e.